The average Bonchev–Trinajstić information content (AvgIpc) is 2.60. The molecule has 0 spiro atoms. The van der Waals surface area contributed by atoms with Crippen LogP contribution in [0.15, 0.2) is 53.3 Å². The SMILES string of the molecule is Cc1ccc2[nH]c(=O)c(CCC(=O)Nc3cccc(C(F)(F)F)c3)cc2c1. The van der Waals surface area contributed by atoms with E-state index in [-0.39, 0.29) is 24.1 Å². The molecule has 4 nitrogen and oxygen atoms in total. The Morgan fingerprint density at radius 3 is 2.63 bits per heavy atom. The molecule has 0 saturated carbocycles. The van der Waals surface area contributed by atoms with E-state index in [1.165, 1.54) is 12.1 Å². The van der Waals surface area contributed by atoms with E-state index in [1.54, 1.807) is 6.07 Å². The number of halogens is 3. The summed E-state index contributed by atoms with van der Waals surface area (Å²) in [6, 6.07) is 11.8. The van der Waals surface area contributed by atoms with Crippen molar-refractivity contribution in [2.24, 2.45) is 0 Å². The number of rotatable bonds is 4. The molecule has 0 fully saturated rings. The first-order chi connectivity index (χ1) is 12.7. The van der Waals surface area contributed by atoms with Crippen LogP contribution >= 0.6 is 0 Å². The summed E-state index contributed by atoms with van der Waals surface area (Å²) in [6.45, 7) is 1.94. The lowest BCUT2D eigenvalue weighted by Crippen LogP contribution is -2.17. The van der Waals surface area contributed by atoms with E-state index in [4.69, 9.17) is 0 Å². The van der Waals surface area contributed by atoms with Crippen LogP contribution in [0.1, 0.15) is 23.1 Å². The van der Waals surface area contributed by atoms with Crippen LogP contribution < -0.4 is 10.9 Å². The number of aromatic nitrogens is 1. The fourth-order valence-corrected chi connectivity index (χ4v) is 2.80. The van der Waals surface area contributed by atoms with Crippen molar-refractivity contribution < 1.29 is 18.0 Å². The van der Waals surface area contributed by atoms with Gasteiger partial charge in [-0.1, -0.05) is 17.7 Å². The van der Waals surface area contributed by atoms with Crippen molar-refractivity contribution >= 4 is 22.5 Å². The number of H-pyrrole nitrogens is 1. The van der Waals surface area contributed by atoms with Crippen LogP contribution in [0, 0.1) is 6.92 Å². The Labute approximate surface area is 153 Å². The lowest BCUT2D eigenvalue weighted by atomic mass is 10.1. The quantitative estimate of drug-likeness (QED) is 0.710. The van der Waals surface area contributed by atoms with Crippen LogP contribution in [-0.2, 0) is 17.4 Å². The van der Waals surface area contributed by atoms with E-state index < -0.39 is 17.6 Å². The molecule has 1 heterocycles. The van der Waals surface area contributed by atoms with Crippen molar-refractivity contribution in [1.82, 2.24) is 4.98 Å². The third-order valence-electron chi connectivity index (χ3n) is 4.17. The van der Waals surface area contributed by atoms with E-state index in [0.717, 1.165) is 23.1 Å². The first-order valence-corrected chi connectivity index (χ1v) is 8.32. The molecule has 3 rings (SSSR count). The van der Waals surface area contributed by atoms with Crippen LogP contribution in [0.2, 0.25) is 0 Å². The fourth-order valence-electron chi connectivity index (χ4n) is 2.80. The maximum absolute atomic E-state index is 12.7. The van der Waals surface area contributed by atoms with Gasteiger partial charge in [-0.05, 0) is 55.1 Å². The number of anilines is 1. The van der Waals surface area contributed by atoms with Gasteiger partial charge in [0.1, 0.15) is 0 Å². The van der Waals surface area contributed by atoms with Crippen LogP contribution in [0.3, 0.4) is 0 Å². The summed E-state index contributed by atoms with van der Waals surface area (Å²) in [4.78, 5) is 27.0. The number of pyridine rings is 1. The molecule has 0 bridgehead atoms. The Morgan fingerprint density at radius 2 is 1.89 bits per heavy atom. The number of fused-ring (bicyclic) bond motifs is 1. The molecule has 2 N–H and O–H groups in total. The van der Waals surface area contributed by atoms with Gasteiger partial charge in [0.25, 0.3) is 5.56 Å². The van der Waals surface area contributed by atoms with Gasteiger partial charge in [-0.15, -0.1) is 0 Å². The average molecular weight is 374 g/mol. The number of nitrogens with one attached hydrogen (secondary N) is 2. The molecular formula is C20H17F3N2O2. The number of alkyl halides is 3. The van der Waals surface area contributed by atoms with Crippen LogP contribution in [0.25, 0.3) is 10.9 Å². The number of aromatic amines is 1. The van der Waals surface area contributed by atoms with Gasteiger partial charge in [0.05, 0.1) is 5.56 Å². The number of hydrogen-bond acceptors (Lipinski definition) is 2. The highest BCUT2D eigenvalue weighted by atomic mass is 19.4. The standard InChI is InChI=1S/C20H17F3N2O2/c1-12-5-7-17-14(9-12)10-13(19(27)25-17)6-8-18(26)24-16-4-2-3-15(11-16)20(21,22)23/h2-5,7,9-11H,6,8H2,1H3,(H,24,26)(H,25,27). The zero-order chi connectivity index (χ0) is 19.6. The van der Waals surface area contributed by atoms with E-state index in [2.05, 4.69) is 10.3 Å². The van der Waals surface area contributed by atoms with Crippen molar-refractivity contribution in [3.8, 4) is 0 Å². The zero-order valence-electron chi connectivity index (χ0n) is 14.5. The van der Waals surface area contributed by atoms with Crippen molar-refractivity contribution in [3.63, 3.8) is 0 Å². The highest BCUT2D eigenvalue weighted by Crippen LogP contribution is 2.30. The summed E-state index contributed by atoms with van der Waals surface area (Å²) in [5.41, 5.74) is 1.16. The summed E-state index contributed by atoms with van der Waals surface area (Å²) in [5.74, 6) is -0.460. The molecule has 3 aromatic rings. The van der Waals surface area contributed by atoms with Crippen LogP contribution in [-0.4, -0.2) is 10.9 Å². The van der Waals surface area contributed by atoms with Gasteiger partial charge in [0, 0.05) is 23.2 Å². The highest BCUT2D eigenvalue weighted by molar-refractivity contribution is 5.91. The topological polar surface area (TPSA) is 62.0 Å². The van der Waals surface area contributed by atoms with Crippen molar-refractivity contribution in [2.75, 3.05) is 5.32 Å². The Morgan fingerprint density at radius 1 is 1.11 bits per heavy atom. The Balaban J connectivity index is 1.70. The summed E-state index contributed by atoms with van der Waals surface area (Å²) in [6.07, 6.45) is -4.31. The van der Waals surface area contributed by atoms with Gasteiger partial charge in [-0.25, -0.2) is 0 Å². The predicted octanol–water partition coefficient (Wildman–Crippen LogP) is 4.43. The Hall–Kier alpha value is -3.09. The van der Waals surface area contributed by atoms with E-state index in [0.29, 0.717) is 11.1 Å². The molecule has 1 amide bonds. The summed E-state index contributed by atoms with van der Waals surface area (Å²) in [7, 11) is 0. The van der Waals surface area contributed by atoms with E-state index in [9.17, 15) is 22.8 Å². The number of aryl methyl sites for hydroxylation is 2. The molecule has 0 aliphatic heterocycles. The molecule has 1 aromatic heterocycles. The molecule has 7 heteroatoms. The van der Waals surface area contributed by atoms with Crippen LogP contribution in [0.4, 0.5) is 18.9 Å². The smallest absolute Gasteiger partial charge is 0.326 e. The fraction of sp³-hybridized carbons (Fsp3) is 0.200. The predicted molar refractivity (Wildman–Crippen MR) is 97.7 cm³/mol. The van der Waals surface area contributed by atoms with Crippen molar-refractivity contribution in [1.29, 1.82) is 0 Å². The maximum atomic E-state index is 12.7. The van der Waals surface area contributed by atoms with Gasteiger partial charge < -0.3 is 10.3 Å². The number of carbonyl (C=O) groups excluding carboxylic acids is 1. The van der Waals surface area contributed by atoms with Gasteiger partial charge in [0.15, 0.2) is 0 Å². The first kappa shape index (κ1) is 18.7. The molecule has 0 aliphatic rings. The molecule has 0 atom stereocenters. The molecule has 2 aromatic carbocycles. The number of benzene rings is 2. The summed E-state index contributed by atoms with van der Waals surface area (Å²) < 4.78 is 38.2. The molecular weight excluding hydrogens is 357 g/mol. The summed E-state index contributed by atoms with van der Waals surface area (Å²) in [5, 5.41) is 3.30. The molecule has 0 saturated heterocycles. The first-order valence-electron chi connectivity index (χ1n) is 8.32. The van der Waals surface area contributed by atoms with E-state index in [1.807, 2.05) is 25.1 Å². The third kappa shape index (κ3) is 4.55. The second-order valence-electron chi connectivity index (χ2n) is 6.34. The normalized spacial score (nSPS) is 11.6. The lowest BCUT2D eigenvalue weighted by Gasteiger charge is -2.10. The molecule has 0 radical (unpaired) electrons. The monoisotopic (exact) mass is 374 g/mol. The Bertz CT molecular complexity index is 1060. The molecule has 27 heavy (non-hydrogen) atoms. The largest absolute Gasteiger partial charge is 0.416 e. The lowest BCUT2D eigenvalue weighted by molar-refractivity contribution is -0.137. The van der Waals surface area contributed by atoms with Crippen LogP contribution in [0.5, 0.6) is 0 Å². The number of amides is 1. The summed E-state index contributed by atoms with van der Waals surface area (Å²) >= 11 is 0. The minimum absolute atomic E-state index is 0.0172. The number of hydrogen-bond donors (Lipinski definition) is 2. The van der Waals surface area contributed by atoms with Crippen molar-refractivity contribution in [2.45, 2.75) is 25.9 Å². The molecule has 0 unspecified atom stereocenters. The van der Waals surface area contributed by atoms with Gasteiger partial charge in [0.2, 0.25) is 5.91 Å². The zero-order valence-corrected chi connectivity index (χ0v) is 14.5. The van der Waals surface area contributed by atoms with E-state index >= 15 is 0 Å². The molecule has 140 valence electrons. The van der Waals surface area contributed by atoms with Gasteiger partial charge in [-0.3, -0.25) is 9.59 Å². The van der Waals surface area contributed by atoms with Crippen molar-refractivity contribution in [3.05, 3.63) is 75.6 Å². The highest BCUT2D eigenvalue weighted by Gasteiger charge is 2.30. The van der Waals surface area contributed by atoms with Gasteiger partial charge >= 0.3 is 6.18 Å². The Kier molecular flexibility index (Phi) is 5.03. The minimum atomic E-state index is -4.47. The van der Waals surface area contributed by atoms with Gasteiger partial charge in [-0.2, -0.15) is 13.2 Å². The maximum Gasteiger partial charge on any atom is 0.416 e. The third-order valence-corrected chi connectivity index (χ3v) is 4.17. The second-order valence-corrected chi connectivity index (χ2v) is 6.34. The minimum Gasteiger partial charge on any atom is -0.326 e. The number of carbonyl (C=O) groups is 1. The second kappa shape index (κ2) is 7.26. The molecule has 0 aliphatic carbocycles.